The number of aliphatic carboxylic acids is 1. The topological polar surface area (TPSA) is 113 Å². The maximum Gasteiger partial charge on any atom is 0.303 e. The Bertz CT molecular complexity index is 883. The maximum absolute atomic E-state index is 12.1. The molecule has 3 rings (SSSR count). The zero-order valence-corrected chi connectivity index (χ0v) is 16.3. The Morgan fingerprint density at radius 2 is 2.04 bits per heavy atom. The van der Waals surface area contributed by atoms with Gasteiger partial charge in [-0.25, -0.2) is 8.42 Å². The van der Waals surface area contributed by atoms with Crippen LogP contribution >= 0.6 is 11.8 Å². The van der Waals surface area contributed by atoms with Crippen molar-refractivity contribution in [2.45, 2.75) is 31.1 Å². The number of amides is 1. The van der Waals surface area contributed by atoms with Crippen LogP contribution in [0.4, 0.5) is 5.69 Å². The third-order valence-corrected chi connectivity index (χ3v) is 7.47. The van der Waals surface area contributed by atoms with Gasteiger partial charge < -0.3 is 14.7 Å². The molecule has 0 unspecified atom stereocenters. The van der Waals surface area contributed by atoms with E-state index in [2.05, 4.69) is 4.99 Å². The highest BCUT2D eigenvalue weighted by Crippen LogP contribution is 2.43. The molecule has 2 atom stereocenters. The van der Waals surface area contributed by atoms with Crippen LogP contribution in [0.15, 0.2) is 29.3 Å². The van der Waals surface area contributed by atoms with E-state index in [4.69, 9.17) is 9.84 Å². The van der Waals surface area contributed by atoms with Gasteiger partial charge in [0.2, 0.25) is 5.91 Å². The summed E-state index contributed by atoms with van der Waals surface area (Å²) in [4.78, 5) is 28.6. The third-order valence-electron chi connectivity index (χ3n) is 4.26. The fourth-order valence-corrected chi connectivity index (χ4v) is 7.08. The van der Waals surface area contributed by atoms with Gasteiger partial charge in [0.15, 0.2) is 15.0 Å². The van der Waals surface area contributed by atoms with E-state index in [9.17, 15) is 18.0 Å². The molecule has 0 saturated carbocycles. The summed E-state index contributed by atoms with van der Waals surface area (Å²) >= 11 is 1.25. The number of anilines is 1. The molecule has 1 N–H and O–H groups in total. The summed E-state index contributed by atoms with van der Waals surface area (Å²) in [5.74, 6) is -1.02. The molecule has 1 aromatic rings. The number of carboxylic acids is 1. The predicted molar refractivity (Wildman–Crippen MR) is 103 cm³/mol. The molecule has 2 saturated heterocycles. The summed E-state index contributed by atoms with van der Waals surface area (Å²) in [6, 6.07) is 6.87. The maximum atomic E-state index is 12.1. The van der Waals surface area contributed by atoms with E-state index in [0.29, 0.717) is 23.2 Å². The number of carbonyl (C=O) groups is 2. The van der Waals surface area contributed by atoms with Gasteiger partial charge in [0.05, 0.1) is 36.3 Å². The number of carboxylic acid groups (broad SMARTS) is 1. The number of rotatable bonds is 6. The molecule has 0 aliphatic carbocycles. The third kappa shape index (κ3) is 4.44. The summed E-state index contributed by atoms with van der Waals surface area (Å²) in [5.41, 5.74) is 0.654. The molecule has 0 bridgehead atoms. The van der Waals surface area contributed by atoms with Crippen molar-refractivity contribution in [3.8, 4) is 5.75 Å². The smallest absolute Gasteiger partial charge is 0.303 e. The largest absolute Gasteiger partial charge is 0.492 e. The second-order valence-corrected chi connectivity index (χ2v) is 9.61. The van der Waals surface area contributed by atoms with Crippen molar-refractivity contribution in [3.63, 3.8) is 0 Å². The highest BCUT2D eigenvalue weighted by Gasteiger charge is 2.50. The molecule has 10 heteroatoms. The Hall–Kier alpha value is -2.07. The zero-order chi connectivity index (χ0) is 19.6. The number of hydrogen-bond donors (Lipinski definition) is 1. The van der Waals surface area contributed by atoms with Crippen molar-refractivity contribution in [2.75, 3.05) is 23.0 Å². The van der Waals surface area contributed by atoms with Crippen LogP contribution in [0.25, 0.3) is 0 Å². The number of fused-ring (bicyclic) bond motifs is 1. The first kappa shape index (κ1) is 19.7. The highest BCUT2D eigenvalue weighted by molar-refractivity contribution is 8.16. The van der Waals surface area contributed by atoms with Gasteiger partial charge in [-0.1, -0.05) is 23.9 Å². The molecular formula is C17H20N2O6S2. The monoisotopic (exact) mass is 412 g/mol. The quantitative estimate of drug-likeness (QED) is 0.749. The van der Waals surface area contributed by atoms with E-state index in [1.807, 2.05) is 19.1 Å². The summed E-state index contributed by atoms with van der Waals surface area (Å²) in [6.07, 6.45) is -0.495. The minimum Gasteiger partial charge on any atom is -0.492 e. The van der Waals surface area contributed by atoms with E-state index in [-0.39, 0.29) is 35.6 Å². The van der Waals surface area contributed by atoms with E-state index in [1.165, 1.54) is 11.8 Å². The molecular weight excluding hydrogens is 392 g/mol. The van der Waals surface area contributed by atoms with Gasteiger partial charge in [-0.05, 0) is 19.1 Å². The van der Waals surface area contributed by atoms with Gasteiger partial charge in [-0.15, -0.1) is 0 Å². The molecule has 2 aliphatic heterocycles. The van der Waals surface area contributed by atoms with Crippen molar-refractivity contribution < 1.29 is 27.9 Å². The SMILES string of the molecule is CCOc1ccccc1N1C(=NC(=O)CCC(=O)O)S[C@@H]2CS(=O)(=O)C[C@H]21. The number of ether oxygens (including phenoxy) is 1. The fraction of sp³-hybridized carbons (Fsp3) is 0.471. The Morgan fingerprint density at radius 1 is 1.30 bits per heavy atom. The van der Waals surface area contributed by atoms with Gasteiger partial charge in [0.25, 0.3) is 0 Å². The fourth-order valence-electron chi connectivity index (χ4n) is 3.16. The van der Waals surface area contributed by atoms with Crippen LogP contribution in [-0.4, -0.2) is 60.0 Å². The van der Waals surface area contributed by atoms with E-state index >= 15 is 0 Å². The Balaban J connectivity index is 1.96. The number of amidine groups is 1. The lowest BCUT2D eigenvalue weighted by atomic mass is 10.2. The molecule has 2 heterocycles. The second kappa shape index (κ2) is 7.89. The number of carbonyl (C=O) groups excluding carboxylic acids is 1. The number of sulfone groups is 1. The van der Waals surface area contributed by atoms with Gasteiger partial charge in [-0.3, -0.25) is 9.59 Å². The molecule has 8 nitrogen and oxygen atoms in total. The van der Waals surface area contributed by atoms with Crippen molar-refractivity contribution >= 4 is 44.3 Å². The average molecular weight is 412 g/mol. The summed E-state index contributed by atoms with van der Waals surface area (Å²) in [6.45, 7) is 2.29. The molecule has 2 aliphatic rings. The number of aliphatic imine (C=N–C) groups is 1. The minimum atomic E-state index is -3.17. The van der Waals surface area contributed by atoms with Gasteiger partial charge >= 0.3 is 5.97 Å². The summed E-state index contributed by atoms with van der Waals surface area (Å²) < 4.78 is 29.9. The van der Waals surface area contributed by atoms with Crippen molar-refractivity contribution in [1.82, 2.24) is 0 Å². The van der Waals surface area contributed by atoms with Gasteiger partial charge in [0.1, 0.15) is 5.75 Å². The molecule has 2 fully saturated rings. The van der Waals surface area contributed by atoms with Crippen LogP contribution in [0.1, 0.15) is 19.8 Å². The molecule has 0 aromatic heterocycles. The summed E-state index contributed by atoms with van der Waals surface area (Å²) in [7, 11) is -3.17. The second-order valence-electron chi connectivity index (χ2n) is 6.25. The standard InChI is InChI=1S/C17H20N2O6S2/c1-2-25-13-6-4-3-5-11(13)19-12-9-27(23,24)10-14(12)26-17(19)18-15(20)7-8-16(21)22/h3-6,12,14H,2,7-10H2,1H3,(H,21,22)/t12-,14-/m1/s1. The van der Waals surface area contributed by atoms with E-state index in [1.54, 1.807) is 17.0 Å². The highest BCUT2D eigenvalue weighted by atomic mass is 32.2. The number of benzene rings is 1. The molecule has 1 aromatic carbocycles. The first-order chi connectivity index (χ1) is 12.8. The zero-order valence-electron chi connectivity index (χ0n) is 14.7. The summed E-state index contributed by atoms with van der Waals surface area (Å²) in [5, 5.41) is 8.90. The van der Waals surface area contributed by atoms with E-state index in [0.717, 1.165) is 0 Å². The lowest BCUT2D eigenvalue weighted by molar-refractivity contribution is -0.138. The number of hydrogen-bond acceptors (Lipinski definition) is 6. The Kier molecular flexibility index (Phi) is 5.75. The Morgan fingerprint density at radius 3 is 2.74 bits per heavy atom. The lowest BCUT2D eigenvalue weighted by Crippen LogP contribution is -2.38. The molecule has 1 amide bonds. The normalized spacial score (nSPS) is 24.8. The number of nitrogens with zero attached hydrogens (tertiary/aromatic N) is 2. The first-order valence-electron chi connectivity index (χ1n) is 8.52. The average Bonchev–Trinajstić information content (AvgIpc) is 3.05. The Labute approximate surface area is 161 Å². The van der Waals surface area contributed by atoms with Crippen LogP contribution < -0.4 is 9.64 Å². The van der Waals surface area contributed by atoms with E-state index < -0.39 is 21.7 Å². The van der Waals surface area contributed by atoms with Gasteiger partial charge in [0, 0.05) is 11.7 Å². The van der Waals surface area contributed by atoms with Gasteiger partial charge in [-0.2, -0.15) is 4.99 Å². The number of para-hydroxylation sites is 2. The predicted octanol–water partition coefficient (Wildman–Crippen LogP) is 1.55. The minimum absolute atomic E-state index is 0.0204. The molecule has 27 heavy (non-hydrogen) atoms. The van der Waals surface area contributed by atoms with Crippen molar-refractivity contribution in [2.24, 2.45) is 4.99 Å². The van der Waals surface area contributed by atoms with Crippen LogP contribution in [-0.2, 0) is 19.4 Å². The number of thioether (sulfide) groups is 1. The first-order valence-corrected chi connectivity index (χ1v) is 11.2. The van der Waals surface area contributed by atoms with Crippen LogP contribution in [0.5, 0.6) is 5.75 Å². The molecule has 0 spiro atoms. The van der Waals surface area contributed by atoms with Crippen LogP contribution in [0.3, 0.4) is 0 Å². The van der Waals surface area contributed by atoms with Crippen LogP contribution in [0.2, 0.25) is 0 Å². The lowest BCUT2D eigenvalue weighted by Gasteiger charge is -2.26. The van der Waals surface area contributed by atoms with Crippen LogP contribution in [0, 0.1) is 0 Å². The molecule has 146 valence electrons. The van der Waals surface area contributed by atoms with Crippen molar-refractivity contribution in [3.05, 3.63) is 24.3 Å². The molecule has 0 radical (unpaired) electrons. The van der Waals surface area contributed by atoms with Crippen molar-refractivity contribution in [1.29, 1.82) is 0 Å².